The summed E-state index contributed by atoms with van der Waals surface area (Å²) in [5, 5.41) is 10.1. The fourth-order valence-corrected chi connectivity index (χ4v) is 4.69. The fourth-order valence-electron chi connectivity index (χ4n) is 3.66. The zero-order valence-electron chi connectivity index (χ0n) is 17.7. The lowest BCUT2D eigenvalue weighted by Gasteiger charge is -2.11. The van der Waals surface area contributed by atoms with Crippen molar-refractivity contribution in [2.24, 2.45) is 0 Å². The summed E-state index contributed by atoms with van der Waals surface area (Å²) >= 11 is 1.33. The Labute approximate surface area is 200 Å². The van der Waals surface area contributed by atoms with Crippen LogP contribution in [0.3, 0.4) is 0 Å². The Kier molecular flexibility index (Phi) is 5.56. The summed E-state index contributed by atoms with van der Waals surface area (Å²) in [6, 6.07) is 20.1. The van der Waals surface area contributed by atoms with Crippen LogP contribution >= 0.6 is 11.3 Å². The topological polar surface area (TPSA) is 63.1 Å². The van der Waals surface area contributed by atoms with E-state index in [4.69, 9.17) is 0 Å². The van der Waals surface area contributed by atoms with Gasteiger partial charge in [0.05, 0.1) is 16.1 Å². The van der Waals surface area contributed by atoms with Gasteiger partial charge in [-0.25, -0.2) is 19.2 Å². The zero-order chi connectivity index (χ0) is 24.7. The molecule has 0 saturated carbocycles. The van der Waals surface area contributed by atoms with Gasteiger partial charge in [0.25, 0.3) is 0 Å². The first kappa shape index (κ1) is 22.7. The third kappa shape index (κ3) is 4.50. The molecule has 0 aliphatic carbocycles. The number of thiophene rings is 1. The number of hydrogen-bond donors (Lipinski definition) is 1. The number of aromatic carboxylic acids is 1. The molecule has 0 spiro atoms. The molecule has 0 atom stereocenters. The first-order valence-corrected chi connectivity index (χ1v) is 11.1. The van der Waals surface area contributed by atoms with Crippen LogP contribution in [0.4, 0.5) is 17.6 Å². The molecule has 0 fully saturated rings. The van der Waals surface area contributed by atoms with Gasteiger partial charge in [-0.1, -0.05) is 42.5 Å². The molecule has 2 aromatic heterocycles. The van der Waals surface area contributed by atoms with Crippen molar-refractivity contribution in [2.75, 3.05) is 0 Å². The quantitative estimate of drug-likeness (QED) is 0.262. The van der Waals surface area contributed by atoms with Crippen molar-refractivity contribution in [2.45, 2.75) is 6.18 Å². The lowest BCUT2D eigenvalue weighted by atomic mass is 10.0. The van der Waals surface area contributed by atoms with Gasteiger partial charge in [0.15, 0.2) is 5.82 Å². The molecular formula is C26H14F4N2O2S. The van der Waals surface area contributed by atoms with Gasteiger partial charge in [-0.3, -0.25) is 0 Å². The van der Waals surface area contributed by atoms with Gasteiger partial charge >= 0.3 is 12.1 Å². The summed E-state index contributed by atoms with van der Waals surface area (Å²) in [5.74, 6) is -2.43. The number of aromatic nitrogens is 2. The average Bonchev–Trinajstić information content (AvgIpc) is 3.28. The minimum atomic E-state index is -4.69. The van der Waals surface area contributed by atoms with Crippen molar-refractivity contribution in [1.29, 1.82) is 0 Å². The molecule has 3 aromatic carbocycles. The highest BCUT2D eigenvalue weighted by Crippen LogP contribution is 2.37. The molecule has 0 radical (unpaired) electrons. The van der Waals surface area contributed by atoms with E-state index < -0.39 is 29.2 Å². The van der Waals surface area contributed by atoms with E-state index in [1.807, 2.05) is 24.3 Å². The molecule has 5 rings (SSSR count). The molecule has 2 heterocycles. The van der Waals surface area contributed by atoms with E-state index in [1.54, 1.807) is 30.3 Å². The van der Waals surface area contributed by atoms with E-state index in [9.17, 15) is 27.5 Å². The highest BCUT2D eigenvalue weighted by molar-refractivity contribution is 7.22. The molecule has 0 bridgehead atoms. The smallest absolute Gasteiger partial charge is 0.433 e. The Morgan fingerprint density at radius 1 is 0.829 bits per heavy atom. The van der Waals surface area contributed by atoms with Crippen LogP contribution in [-0.4, -0.2) is 21.0 Å². The van der Waals surface area contributed by atoms with E-state index in [2.05, 4.69) is 9.97 Å². The Bertz CT molecular complexity index is 1560. The maximum absolute atomic E-state index is 13.8. The first-order valence-electron chi connectivity index (χ1n) is 10.3. The van der Waals surface area contributed by atoms with Crippen molar-refractivity contribution in [1.82, 2.24) is 9.97 Å². The molecule has 4 nitrogen and oxygen atoms in total. The van der Waals surface area contributed by atoms with Crippen LogP contribution in [0.1, 0.15) is 16.1 Å². The van der Waals surface area contributed by atoms with Gasteiger partial charge in [-0.05, 0) is 52.9 Å². The van der Waals surface area contributed by atoms with Gasteiger partial charge in [0, 0.05) is 10.3 Å². The Morgan fingerprint density at radius 2 is 1.57 bits per heavy atom. The molecule has 0 saturated heterocycles. The van der Waals surface area contributed by atoms with Crippen LogP contribution in [0.25, 0.3) is 43.2 Å². The maximum atomic E-state index is 13.8. The zero-order valence-corrected chi connectivity index (χ0v) is 18.5. The maximum Gasteiger partial charge on any atom is 0.433 e. The summed E-state index contributed by atoms with van der Waals surface area (Å²) in [4.78, 5) is 20.1. The Hall–Kier alpha value is -4.11. The molecule has 35 heavy (non-hydrogen) atoms. The number of alkyl halides is 3. The normalized spacial score (nSPS) is 11.7. The monoisotopic (exact) mass is 494 g/mol. The molecule has 0 unspecified atom stereocenters. The van der Waals surface area contributed by atoms with Crippen molar-refractivity contribution in [3.8, 4) is 33.1 Å². The molecule has 5 aromatic rings. The molecule has 1 N–H and O–H groups in total. The first-order chi connectivity index (χ1) is 16.7. The molecular weight excluding hydrogens is 480 g/mol. The number of hydrogen-bond acceptors (Lipinski definition) is 4. The van der Waals surface area contributed by atoms with Crippen molar-refractivity contribution >= 4 is 27.4 Å². The van der Waals surface area contributed by atoms with E-state index >= 15 is 0 Å². The number of benzene rings is 3. The third-order valence-electron chi connectivity index (χ3n) is 5.35. The van der Waals surface area contributed by atoms with E-state index in [-0.39, 0.29) is 11.5 Å². The van der Waals surface area contributed by atoms with Gasteiger partial charge in [-0.2, -0.15) is 13.2 Å². The largest absolute Gasteiger partial charge is 0.478 e. The number of nitrogens with zero attached hydrogens (tertiary/aromatic N) is 2. The SMILES string of the molecule is O=C(O)c1cc(-c2cccc(-c3nc(-c4cc5ccccc5s4)cc(C(F)(F)F)n3)c2)ccc1F. The fraction of sp³-hybridized carbons (Fsp3) is 0.0385. The van der Waals surface area contributed by atoms with Crippen LogP contribution in [0.15, 0.2) is 78.9 Å². The van der Waals surface area contributed by atoms with Crippen molar-refractivity contribution < 1.29 is 27.5 Å². The number of carbonyl (C=O) groups is 1. The summed E-state index contributed by atoms with van der Waals surface area (Å²) in [5.41, 5.74) is -0.261. The predicted molar refractivity (Wildman–Crippen MR) is 126 cm³/mol. The third-order valence-corrected chi connectivity index (χ3v) is 6.48. The Morgan fingerprint density at radius 3 is 2.31 bits per heavy atom. The van der Waals surface area contributed by atoms with Crippen LogP contribution in [0.5, 0.6) is 0 Å². The standard InChI is InChI=1S/C26H14F4N2O2S/c27-19-9-8-15(11-18(19)25(33)34)14-5-3-6-17(10-14)24-31-20(13-23(32-24)26(28,29)30)22-12-16-4-1-2-7-21(16)35-22/h1-13H,(H,33,34). The molecule has 174 valence electrons. The van der Waals surface area contributed by atoms with Crippen LogP contribution in [0, 0.1) is 5.82 Å². The lowest BCUT2D eigenvalue weighted by Crippen LogP contribution is -2.10. The highest BCUT2D eigenvalue weighted by atomic mass is 32.1. The predicted octanol–water partition coefficient (Wildman–Crippen LogP) is 7.55. The van der Waals surface area contributed by atoms with Gasteiger partial charge in [0.1, 0.15) is 11.5 Å². The Balaban J connectivity index is 1.64. The lowest BCUT2D eigenvalue weighted by molar-refractivity contribution is -0.141. The van der Waals surface area contributed by atoms with E-state index in [0.717, 1.165) is 22.2 Å². The summed E-state index contributed by atoms with van der Waals surface area (Å²) in [6.45, 7) is 0. The number of rotatable bonds is 4. The second-order valence-electron chi connectivity index (χ2n) is 7.69. The summed E-state index contributed by atoms with van der Waals surface area (Å²) in [7, 11) is 0. The number of carboxylic acids is 1. The summed E-state index contributed by atoms with van der Waals surface area (Å²) in [6.07, 6.45) is -4.69. The van der Waals surface area contributed by atoms with E-state index in [0.29, 0.717) is 21.6 Å². The van der Waals surface area contributed by atoms with Crippen molar-refractivity contribution in [3.05, 3.63) is 95.9 Å². The molecule has 0 aliphatic heterocycles. The average molecular weight is 494 g/mol. The van der Waals surface area contributed by atoms with E-state index in [1.165, 1.54) is 23.5 Å². The minimum Gasteiger partial charge on any atom is -0.478 e. The molecule has 9 heteroatoms. The van der Waals surface area contributed by atoms with Crippen LogP contribution < -0.4 is 0 Å². The van der Waals surface area contributed by atoms with Gasteiger partial charge in [0.2, 0.25) is 0 Å². The van der Waals surface area contributed by atoms with Crippen molar-refractivity contribution in [3.63, 3.8) is 0 Å². The van der Waals surface area contributed by atoms with Crippen LogP contribution in [-0.2, 0) is 6.18 Å². The highest BCUT2D eigenvalue weighted by Gasteiger charge is 2.34. The number of carboxylic acid groups (broad SMARTS) is 1. The van der Waals surface area contributed by atoms with Gasteiger partial charge in [-0.15, -0.1) is 11.3 Å². The van der Waals surface area contributed by atoms with Gasteiger partial charge < -0.3 is 5.11 Å². The number of fused-ring (bicyclic) bond motifs is 1. The molecule has 0 amide bonds. The van der Waals surface area contributed by atoms with Crippen LogP contribution in [0.2, 0.25) is 0 Å². The molecule has 0 aliphatic rings. The summed E-state index contributed by atoms with van der Waals surface area (Å²) < 4.78 is 55.9. The second kappa shape index (κ2) is 8.59. The number of halogens is 4. The second-order valence-corrected chi connectivity index (χ2v) is 8.77. The minimum absolute atomic E-state index is 0.130.